The highest BCUT2D eigenvalue weighted by atomic mass is 16.5. The average molecular weight is 853 g/mol. The van der Waals surface area contributed by atoms with E-state index < -0.39 is 12.1 Å². The first-order chi connectivity index (χ1) is 31.2. The van der Waals surface area contributed by atoms with E-state index >= 15 is 0 Å². The quantitative estimate of drug-likeness (QED) is 0.0640. The summed E-state index contributed by atoms with van der Waals surface area (Å²) in [5.74, 6) is 2.62. The van der Waals surface area contributed by atoms with Crippen LogP contribution in [0.1, 0.15) is 106 Å². The Labute approximate surface area is 377 Å². The number of fused-ring (bicyclic) bond motifs is 2. The smallest absolute Gasteiger partial charge is 0.186 e. The number of hydrogen-bond donors (Lipinski definition) is 4. The third-order valence-corrected chi connectivity index (χ3v) is 11.9. The van der Waals surface area contributed by atoms with E-state index in [1.807, 2.05) is 122 Å². The minimum atomic E-state index is -0.406. The molecule has 0 bridgehead atoms. The van der Waals surface area contributed by atoms with Gasteiger partial charge in [-0.25, -0.2) is 0 Å². The molecule has 2 heterocycles. The van der Waals surface area contributed by atoms with E-state index in [2.05, 4.69) is 84.7 Å². The first kappa shape index (κ1) is 45.3. The molecule has 0 aliphatic carbocycles. The summed E-state index contributed by atoms with van der Waals surface area (Å²) in [5.41, 5.74) is 10.4. The molecule has 8 aromatic rings. The maximum atomic E-state index is 13.7. The first-order valence-electron chi connectivity index (χ1n) is 22.3. The molecule has 4 N–H and O–H groups in total. The minimum absolute atomic E-state index is 0.0816. The Morgan fingerprint density at radius 1 is 0.484 bits per heavy atom. The summed E-state index contributed by atoms with van der Waals surface area (Å²) in [4.78, 5) is 34.2. The molecule has 64 heavy (non-hydrogen) atoms. The van der Waals surface area contributed by atoms with Crippen molar-refractivity contribution < 1.29 is 19.1 Å². The lowest BCUT2D eigenvalue weighted by Crippen LogP contribution is -2.30. The maximum absolute atomic E-state index is 13.7. The van der Waals surface area contributed by atoms with E-state index in [1.165, 1.54) is 22.3 Å². The summed E-state index contributed by atoms with van der Waals surface area (Å²) in [5, 5.41) is 8.99. The molecule has 0 radical (unpaired) electrons. The van der Waals surface area contributed by atoms with Gasteiger partial charge >= 0.3 is 0 Å². The molecule has 0 unspecified atom stereocenters. The Kier molecular flexibility index (Phi) is 15.3. The van der Waals surface area contributed by atoms with E-state index in [-0.39, 0.29) is 11.6 Å². The zero-order valence-corrected chi connectivity index (χ0v) is 37.8. The van der Waals surface area contributed by atoms with Crippen LogP contribution in [-0.4, -0.2) is 48.8 Å². The molecule has 0 aliphatic heterocycles. The number of nitrogens with one attached hydrogen (secondary N) is 4. The number of ketones is 2. The Morgan fingerprint density at radius 2 is 0.859 bits per heavy atom. The van der Waals surface area contributed by atoms with Gasteiger partial charge in [0.2, 0.25) is 0 Å². The lowest BCUT2D eigenvalue weighted by atomic mass is 9.94. The lowest BCUT2D eigenvalue weighted by molar-refractivity contribution is 0.0937. The molecule has 0 spiro atoms. The highest BCUT2D eigenvalue weighted by Gasteiger charge is 2.26. The van der Waals surface area contributed by atoms with Gasteiger partial charge in [0.05, 0.1) is 26.3 Å². The van der Waals surface area contributed by atoms with Crippen LogP contribution in [0.3, 0.4) is 0 Å². The summed E-state index contributed by atoms with van der Waals surface area (Å²) in [6.45, 7) is 10.1. The number of rotatable bonds is 18. The largest absolute Gasteiger partial charge is 0.497 e. The summed E-state index contributed by atoms with van der Waals surface area (Å²) >= 11 is 0. The molecule has 2 atom stereocenters. The Bertz CT molecular complexity index is 2550. The van der Waals surface area contributed by atoms with Gasteiger partial charge in [0.15, 0.2) is 11.6 Å². The predicted octanol–water partition coefficient (Wildman–Crippen LogP) is 12.1. The van der Waals surface area contributed by atoms with Crippen LogP contribution in [0.2, 0.25) is 0 Å². The molecule has 2 aromatic heterocycles. The lowest BCUT2D eigenvalue weighted by Gasteiger charge is -2.18. The summed E-state index contributed by atoms with van der Waals surface area (Å²) in [6, 6.07) is 47.6. The van der Waals surface area contributed by atoms with Gasteiger partial charge in [0.25, 0.3) is 0 Å². The third-order valence-electron chi connectivity index (χ3n) is 11.9. The fourth-order valence-corrected chi connectivity index (χ4v) is 8.36. The van der Waals surface area contributed by atoms with Gasteiger partial charge in [-0.2, -0.15) is 0 Å². The number of Topliss-reactive ketones (excluding diaryl/α,β-unsaturated/α-hetero) is 2. The van der Waals surface area contributed by atoms with Crippen molar-refractivity contribution in [1.29, 1.82) is 0 Å². The summed E-state index contributed by atoms with van der Waals surface area (Å²) < 4.78 is 10.5. The van der Waals surface area contributed by atoms with Gasteiger partial charge in [-0.1, -0.05) is 149 Å². The maximum Gasteiger partial charge on any atom is 0.186 e. The van der Waals surface area contributed by atoms with Crippen molar-refractivity contribution in [2.75, 3.05) is 27.3 Å². The number of para-hydroxylation sites is 2. The molecular weight excluding hydrogens is 793 g/mol. The molecule has 0 saturated carbocycles. The topological polar surface area (TPSA) is 108 Å². The second-order valence-electron chi connectivity index (χ2n) is 16.8. The molecule has 0 amide bonds. The number of aromatic amines is 2. The number of carbonyl (C=O) groups excluding carboxylic acids is 2. The van der Waals surface area contributed by atoms with Crippen molar-refractivity contribution in [2.24, 2.45) is 0 Å². The average Bonchev–Trinajstić information content (AvgIpc) is 3.98. The van der Waals surface area contributed by atoms with Crippen molar-refractivity contribution in [3.8, 4) is 11.5 Å². The number of H-pyrrole nitrogens is 2. The number of benzene rings is 6. The number of aromatic nitrogens is 2. The number of methoxy groups -OCH3 is 2. The van der Waals surface area contributed by atoms with Crippen LogP contribution in [0.4, 0.5) is 0 Å². The van der Waals surface area contributed by atoms with Gasteiger partial charge in [0, 0.05) is 58.4 Å². The van der Waals surface area contributed by atoms with Crippen LogP contribution in [0.5, 0.6) is 11.5 Å². The SMILES string of the molecule is COc1ccc(CCN[C@@H](C(=O)c2c[nH]c3c(C(C)C)cccc23)c2ccccc2)cc1.COc1ccc(CCN[C@H](C(=O)c2c[nH]c3c(C(C)C)cccc23)c2ccccc2)cc1. The molecule has 8 nitrogen and oxygen atoms in total. The normalized spacial score (nSPS) is 12.2. The molecule has 328 valence electrons. The van der Waals surface area contributed by atoms with Crippen LogP contribution < -0.4 is 20.1 Å². The Hall–Kier alpha value is -6.74. The first-order valence-corrected chi connectivity index (χ1v) is 22.3. The van der Waals surface area contributed by atoms with Crippen molar-refractivity contribution in [3.05, 3.63) is 202 Å². The number of hydrogen-bond acceptors (Lipinski definition) is 6. The molecule has 0 saturated heterocycles. The van der Waals surface area contributed by atoms with Crippen molar-refractivity contribution in [2.45, 2.75) is 64.5 Å². The standard InChI is InChI=1S/2C28H30N2O2/c2*1-19(2)23-10-7-11-24-25(18-30-27(23)24)28(31)26(21-8-5-4-6-9-21)29-17-16-20-12-14-22(32-3)15-13-20/h2*4-15,18-19,26,29-30H,16-17H2,1-3H3/t2*26-/m10/s1. The molecular formula is C56H60N4O4. The van der Waals surface area contributed by atoms with Crippen LogP contribution in [-0.2, 0) is 12.8 Å². The fourth-order valence-electron chi connectivity index (χ4n) is 8.36. The number of carbonyl (C=O) groups is 2. The van der Waals surface area contributed by atoms with E-state index in [0.717, 1.165) is 68.4 Å². The second kappa shape index (κ2) is 21.6. The highest BCUT2D eigenvalue weighted by molar-refractivity contribution is 6.12. The van der Waals surface area contributed by atoms with Crippen LogP contribution in [0.25, 0.3) is 21.8 Å². The van der Waals surface area contributed by atoms with Gasteiger partial charge in [-0.15, -0.1) is 0 Å². The highest BCUT2D eigenvalue weighted by Crippen LogP contribution is 2.32. The monoisotopic (exact) mass is 852 g/mol. The minimum Gasteiger partial charge on any atom is -0.497 e. The predicted molar refractivity (Wildman–Crippen MR) is 261 cm³/mol. The van der Waals surface area contributed by atoms with Gasteiger partial charge in [0.1, 0.15) is 11.5 Å². The van der Waals surface area contributed by atoms with Gasteiger partial charge < -0.3 is 30.1 Å². The zero-order chi connectivity index (χ0) is 45.0. The van der Waals surface area contributed by atoms with Crippen molar-refractivity contribution >= 4 is 33.4 Å². The molecule has 0 fully saturated rings. The Morgan fingerprint density at radius 3 is 1.20 bits per heavy atom. The van der Waals surface area contributed by atoms with Crippen molar-refractivity contribution in [3.63, 3.8) is 0 Å². The summed E-state index contributed by atoms with van der Waals surface area (Å²) in [7, 11) is 3.34. The molecule has 0 aliphatic rings. The van der Waals surface area contributed by atoms with E-state index in [1.54, 1.807) is 14.2 Å². The van der Waals surface area contributed by atoms with Crippen LogP contribution in [0, 0.1) is 0 Å². The Balaban J connectivity index is 0.000000191. The fraction of sp³-hybridized carbons (Fsp3) is 0.250. The van der Waals surface area contributed by atoms with E-state index in [9.17, 15) is 9.59 Å². The van der Waals surface area contributed by atoms with Crippen LogP contribution in [0.15, 0.2) is 158 Å². The zero-order valence-electron chi connectivity index (χ0n) is 37.8. The molecule has 8 heteroatoms. The molecule has 8 rings (SSSR count). The van der Waals surface area contributed by atoms with Gasteiger partial charge in [-0.3, -0.25) is 9.59 Å². The van der Waals surface area contributed by atoms with E-state index in [0.29, 0.717) is 24.9 Å². The number of ether oxygens (including phenoxy) is 2. The second-order valence-corrected chi connectivity index (χ2v) is 16.8. The summed E-state index contributed by atoms with van der Waals surface area (Å²) in [6.07, 6.45) is 5.37. The van der Waals surface area contributed by atoms with Gasteiger partial charge in [-0.05, 0) is 82.3 Å². The molecule has 6 aromatic carbocycles. The van der Waals surface area contributed by atoms with Crippen molar-refractivity contribution in [1.82, 2.24) is 20.6 Å². The van der Waals surface area contributed by atoms with Crippen LogP contribution >= 0.6 is 0 Å². The van der Waals surface area contributed by atoms with E-state index in [4.69, 9.17) is 9.47 Å². The third kappa shape index (κ3) is 10.7.